The van der Waals surface area contributed by atoms with Crippen LogP contribution in [0.25, 0.3) is 0 Å². The molecule has 1 unspecified atom stereocenters. The fourth-order valence-corrected chi connectivity index (χ4v) is 1.54. The van der Waals surface area contributed by atoms with Crippen molar-refractivity contribution in [2.45, 2.75) is 6.10 Å². The molecule has 0 aliphatic rings. The first-order valence-electron chi connectivity index (χ1n) is 5.54. The summed E-state index contributed by atoms with van der Waals surface area (Å²) in [6.45, 7) is 0.0776. The van der Waals surface area contributed by atoms with Gasteiger partial charge < -0.3 is 20.1 Å². The Labute approximate surface area is 105 Å². The zero-order valence-corrected chi connectivity index (χ0v) is 9.65. The van der Waals surface area contributed by atoms with Gasteiger partial charge in [0.05, 0.1) is 0 Å². The molecule has 0 amide bonds. The van der Waals surface area contributed by atoms with Crippen molar-refractivity contribution in [3.8, 4) is 17.2 Å². The van der Waals surface area contributed by atoms with Gasteiger partial charge in [-0.2, -0.15) is 0 Å². The van der Waals surface area contributed by atoms with Crippen molar-refractivity contribution in [1.82, 2.24) is 0 Å². The highest BCUT2D eigenvalue weighted by Gasteiger charge is 2.08. The Hall–Kier alpha value is -2.20. The van der Waals surface area contributed by atoms with Gasteiger partial charge in [0.1, 0.15) is 30.0 Å². The van der Waals surface area contributed by atoms with Gasteiger partial charge in [-0.15, -0.1) is 0 Å². The highest BCUT2D eigenvalue weighted by Crippen LogP contribution is 2.21. The average Bonchev–Trinajstić information content (AvgIpc) is 2.37. The van der Waals surface area contributed by atoms with Gasteiger partial charge in [-0.25, -0.2) is 0 Å². The van der Waals surface area contributed by atoms with E-state index in [0.29, 0.717) is 11.3 Å². The summed E-state index contributed by atoms with van der Waals surface area (Å²) in [4.78, 5) is 0. The number of aliphatic hydroxyl groups is 1. The number of aliphatic hydroxyl groups excluding tert-OH is 1. The Morgan fingerprint density at radius 1 is 0.944 bits per heavy atom. The van der Waals surface area contributed by atoms with Crippen LogP contribution in [-0.4, -0.2) is 21.9 Å². The van der Waals surface area contributed by atoms with Gasteiger partial charge in [-0.05, 0) is 29.8 Å². The van der Waals surface area contributed by atoms with Crippen LogP contribution < -0.4 is 4.74 Å². The second-order valence-electron chi connectivity index (χ2n) is 3.92. The molecule has 18 heavy (non-hydrogen) atoms. The second kappa shape index (κ2) is 5.42. The fraction of sp³-hybridized carbons (Fsp3) is 0.143. The molecule has 0 aliphatic carbocycles. The van der Waals surface area contributed by atoms with E-state index in [-0.39, 0.29) is 18.1 Å². The molecule has 0 spiro atoms. The molecule has 0 bridgehead atoms. The van der Waals surface area contributed by atoms with Crippen LogP contribution >= 0.6 is 0 Å². The number of aromatic hydroxyl groups is 2. The Kier molecular flexibility index (Phi) is 3.69. The minimum Gasteiger partial charge on any atom is -0.508 e. The highest BCUT2D eigenvalue weighted by molar-refractivity contribution is 5.32. The van der Waals surface area contributed by atoms with Crippen LogP contribution in [0.2, 0.25) is 0 Å². The minimum atomic E-state index is -0.784. The van der Waals surface area contributed by atoms with Gasteiger partial charge in [-0.1, -0.05) is 18.2 Å². The van der Waals surface area contributed by atoms with Gasteiger partial charge in [0.15, 0.2) is 0 Å². The number of benzene rings is 2. The molecule has 0 saturated carbocycles. The van der Waals surface area contributed by atoms with E-state index in [2.05, 4.69) is 0 Å². The molecule has 0 aromatic heterocycles. The van der Waals surface area contributed by atoms with Gasteiger partial charge >= 0.3 is 0 Å². The summed E-state index contributed by atoms with van der Waals surface area (Å²) in [6.07, 6.45) is -0.784. The molecule has 2 aromatic rings. The molecule has 2 rings (SSSR count). The van der Waals surface area contributed by atoms with Crippen molar-refractivity contribution >= 4 is 0 Å². The van der Waals surface area contributed by atoms with Crippen LogP contribution in [0.1, 0.15) is 11.7 Å². The number of hydrogen-bond donors (Lipinski definition) is 3. The van der Waals surface area contributed by atoms with Gasteiger partial charge in [0, 0.05) is 6.07 Å². The SMILES string of the molecule is Oc1ccc(C(O)COc2cccc(O)c2)cc1. The molecule has 0 radical (unpaired) electrons. The lowest BCUT2D eigenvalue weighted by Gasteiger charge is -2.12. The third kappa shape index (κ3) is 3.15. The van der Waals surface area contributed by atoms with E-state index in [9.17, 15) is 10.2 Å². The van der Waals surface area contributed by atoms with Gasteiger partial charge in [0.25, 0.3) is 0 Å². The van der Waals surface area contributed by atoms with Crippen molar-refractivity contribution in [2.75, 3.05) is 6.61 Å². The Bertz CT molecular complexity index is 507. The summed E-state index contributed by atoms with van der Waals surface area (Å²) in [5, 5.41) is 28.3. The number of phenols is 2. The molecule has 4 heteroatoms. The molecule has 0 fully saturated rings. The maximum Gasteiger partial charge on any atom is 0.123 e. The van der Waals surface area contributed by atoms with E-state index in [1.54, 1.807) is 30.3 Å². The Morgan fingerprint density at radius 2 is 1.67 bits per heavy atom. The van der Waals surface area contributed by atoms with Crippen LogP contribution in [-0.2, 0) is 0 Å². The molecule has 4 nitrogen and oxygen atoms in total. The molecular formula is C14H14O4. The molecule has 0 saturated heterocycles. The monoisotopic (exact) mass is 246 g/mol. The molecule has 2 aromatic carbocycles. The van der Waals surface area contributed by atoms with E-state index in [0.717, 1.165) is 0 Å². The molecular weight excluding hydrogens is 232 g/mol. The van der Waals surface area contributed by atoms with Crippen molar-refractivity contribution in [1.29, 1.82) is 0 Å². The smallest absolute Gasteiger partial charge is 0.123 e. The summed E-state index contributed by atoms with van der Waals surface area (Å²) in [7, 11) is 0. The predicted octanol–water partition coefficient (Wildman–Crippen LogP) is 2.21. The fourth-order valence-electron chi connectivity index (χ4n) is 1.54. The normalized spacial score (nSPS) is 12.1. The number of hydrogen-bond acceptors (Lipinski definition) is 4. The summed E-state index contributed by atoms with van der Waals surface area (Å²) < 4.78 is 5.36. The van der Waals surface area contributed by atoms with Crippen LogP contribution in [0.5, 0.6) is 17.2 Å². The first kappa shape index (κ1) is 12.3. The Morgan fingerprint density at radius 3 is 2.33 bits per heavy atom. The number of phenolic OH excluding ortho intramolecular Hbond substituents is 2. The predicted molar refractivity (Wildman–Crippen MR) is 66.7 cm³/mol. The van der Waals surface area contributed by atoms with E-state index in [1.807, 2.05) is 0 Å². The third-order valence-electron chi connectivity index (χ3n) is 2.50. The van der Waals surface area contributed by atoms with Crippen LogP contribution in [0.4, 0.5) is 0 Å². The summed E-state index contributed by atoms with van der Waals surface area (Å²) >= 11 is 0. The molecule has 94 valence electrons. The van der Waals surface area contributed by atoms with Crippen molar-refractivity contribution in [2.24, 2.45) is 0 Å². The first-order valence-corrected chi connectivity index (χ1v) is 5.54. The van der Waals surface area contributed by atoms with Crippen molar-refractivity contribution in [3.05, 3.63) is 54.1 Å². The molecule has 0 aliphatic heterocycles. The maximum absolute atomic E-state index is 9.87. The van der Waals surface area contributed by atoms with Gasteiger partial charge in [-0.3, -0.25) is 0 Å². The standard InChI is InChI=1S/C14H14O4/c15-11-6-4-10(5-7-11)14(17)9-18-13-3-1-2-12(16)8-13/h1-8,14-17H,9H2. The lowest BCUT2D eigenvalue weighted by molar-refractivity contribution is 0.108. The molecule has 3 N–H and O–H groups in total. The zero-order chi connectivity index (χ0) is 13.0. The van der Waals surface area contributed by atoms with Crippen molar-refractivity contribution < 1.29 is 20.1 Å². The van der Waals surface area contributed by atoms with E-state index < -0.39 is 6.10 Å². The van der Waals surface area contributed by atoms with Crippen LogP contribution in [0.3, 0.4) is 0 Å². The van der Waals surface area contributed by atoms with E-state index in [1.165, 1.54) is 18.2 Å². The van der Waals surface area contributed by atoms with Crippen molar-refractivity contribution in [3.63, 3.8) is 0 Å². The highest BCUT2D eigenvalue weighted by atomic mass is 16.5. The summed E-state index contributed by atoms with van der Waals surface area (Å²) in [6, 6.07) is 12.7. The van der Waals surface area contributed by atoms with Crippen LogP contribution in [0, 0.1) is 0 Å². The lowest BCUT2D eigenvalue weighted by Crippen LogP contribution is -2.09. The minimum absolute atomic E-state index is 0.0776. The first-order chi connectivity index (χ1) is 8.65. The van der Waals surface area contributed by atoms with E-state index in [4.69, 9.17) is 9.84 Å². The van der Waals surface area contributed by atoms with E-state index >= 15 is 0 Å². The quantitative estimate of drug-likeness (QED) is 0.773. The summed E-state index contributed by atoms with van der Waals surface area (Å²) in [5.74, 6) is 0.763. The third-order valence-corrected chi connectivity index (χ3v) is 2.50. The molecule has 1 atom stereocenters. The van der Waals surface area contributed by atoms with Crippen LogP contribution in [0.15, 0.2) is 48.5 Å². The Balaban J connectivity index is 1.96. The zero-order valence-electron chi connectivity index (χ0n) is 9.65. The molecule has 0 heterocycles. The largest absolute Gasteiger partial charge is 0.508 e. The number of ether oxygens (including phenoxy) is 1. The lowest BCUT2D eigenvalue weighted by atomic mass is 10.1. The summed E-state index contributed by atoms with van der Waals surface area (Å²) in [5.41, 5.74) is 0.660. The maximum atomic E-state index is 9.87. The topological polar surface area (TPSA) is 69.9 Å². The average molecular weight is 246 g/mol. The number of rotatable bonds is 4. The van der Waals surface area contributed by atoms with Gasteiger partial charge in [0.2, 0.25) is 0 Å². The second-order valence-corrected chi connectivity index (χ2v) is 3.92.